The maximum absolute atomic E-state index is 9.00. The molecule has 0 atom stereocenters. The van der Waals surface area contributed by atoms with E-state index in [2.05, 4.69) is 42.2 Å². The Bertz CT molecular complexity index is 626. The second-order valence-electron chi connectivity index (χ2n) is 4.73. The Labute approximate surface area is 119 Å². The van der Waals surface area contributed by atoms with Gasteiger partial charge in [-0.1, -0.05) is 31.2 Å². The molecule has 0 saturated carbocycles. The fourth-order valence-corrected chi connectivity index (χ4v) is 2.09. The lowest BCUT2D eigenvalue weighted by atomic mass is 10.1. The summed E-state index contributed by atoms with van der Waals surface area (Å²) in [6, 6.07) is 12.2. The summed E-state index contributed by atoms with van der Waals surface area (Å²) in [7, 11) is 1.92. The molecule has 2 aromatic rings. The molecule has 20 heavy (non-hydrogen) atoms. The number of benzene rings is 1. The number of nitrogens with zero attached hydrogens (tertiary/aromatic N) is 3. The average Bonchev–Trinajstić information content (AvgIpc) is 2.48. The number of anilines is 2. The minimum Gasteiger partial charge on any atom is -0.395 e. The van der Waals surface area contributed by atoms with Crippen molar-refractivity contribution in [3.63, 3.8) is 0 Å². The van der Waals surface area contributed by atoms with Crippen molar-refractivity contribution >= 4 is 11.5 Å². The average molecular weight is 266 g/mol. The van der Waals surface area contributed by atoms with Gasteiger partial charge < -0.3 is 10.6 Å². The Morgan fingerprint density at radius 1 is 1.20 bits per heavy atom. The van der Waals surface area contributed by atoms with Gasteiger partial charge in [0.25, 0.3) is 0 Å². The Morgan fingerprint density at radius 3 is 2.45 bits per heavy atom. The molecule has 0 fully saturated rings. The number of pyridine rings is 1. The van der Waals surface area contributed by atoms with E-state index in [-0.39, 0.29) is 0 Å². The van der Waals surface area contributed by atoms with Gasteiger partial charge in [0.2, 0.25) is 0 Å². The minimum atomic E-state index is 0.433. The summed E-state index contributed by atoms with van der Waals surface area (Å²) < 4.78 is 0. The van der Waals surface area contributed by atoms with Crippen LogP contribution in [0.4, 0.5) is 11.5 Å². The Balaban J connectivity index is 2.19. The second kappa shape index (κ2) is 6.07. The highest BCUT2D eigenvalue weighted by molar-refractivity contribution is 5.69. The zero-order chi connectivity index (χ0) is 14.5. The van der Waals surface area contributed by atoms with Crippen LogP contribution in [-0.2, 0) is 13.0 Å². The van der Waals surface area contributed by atoms with E-state index in [1.54, 1.807) is 12.3 Å². The van der Waals surface area contributed by atoms with Crippen molar-refractivity contribution < 1.29 is 0 Å². The first-order valence-corrected chi connectivity index (χ1v) is 6.59. The first-order valence-electron chi connectivity index (χ1n) is 6.59. The van der Waals surface area contributed by atoms with Crippen LogP contribution >= 0.6 is 0 Å². The lowest BCUT2D eigenvalue weighted by Gasteiger charge is -2.20. The van der Waals surface area contributed by atoms with Crippen molar-refractivity contribution in [1.82, 2.24) is 4.98 Å². The summed E-state index contributed by atoms with van der Waals surface area (Å²) in [4.78, 5) is 6.22. The van der Waals surface area contributed by atoms with Gasteiger partial charge in [-0.15, -0.1) is 0 Å². The zero-order valence-corrected chi connectivity index (χ0v) is 11.8. The van der Waals surface area contributed by atoms with Gasteiger partial charge in [0.15, 0.2) is 5.82 Å². The molecule has 4 heteroatoms. The number of hydrogen-bond acceptors (Lipinski definition) is 4. The van der Waals surface area contributed by atoms with E-state index < -0.39 is 0 Å². The molecule has 1 aromatic heterocycles. The molecule has 1 heterocycles. The summed E-state index contributed by atoms with van der Waals surface area (Å²) in [6.07, 6.45) is 2.65. The molecule has 4 nitrogen and oxygen atoms in total. The van der Waals surface area contributed by atoms with Crippen molar-refractivity contribution in [2.24, 2.45) is 0 Å². The summed E-state index contributed by atoms with van der Waals surface area (Å²) in [5, 5.41) is 9.00. The quantitative estimate of drug-likeness (QED) is 0.924. The number of rotatable bonds is 4. The molecule has 0 aliphatic carbocycles. The van der Waals surface area contributed by atoms with Gasteiger partial charge in [0.1, 0.15) is 6.07 Å². The molecule has 0 unspecified atom stereocenters. The van der Waals surface area contributed by atoms with E-state index in [4.69, 9.17) is 11.0 Å². The minimum absolute atomic E-state index is 0.433. The molecule has 0 amide bonds. The molecule has 0 saturated heterocycles. The monoisotopic (exact) mass is 266 g/mol. The van der Waals surface area contributed by atoms with E-state index >= 15 is 0 Å². The van der Waals surface area contributed by atoms with Gasteiger partial charge in [-0.3, -0.25) is 0 Å². The first kappa shape index (κ1) is 13.9. The van der Waals surface area contributed by atoms with Crippen LogP contribution in [0.25, 0.3) is 0 Å². The third kappa shape index (κ3) is 2.89. The molecule has 2 N–H and O–H groups in total. The maximum atomic E-state index is 9.00. The van der Waals surface area contributed by atoms with Crippen LogP contribution in [0, 0.1) is 11.3 Å². The summed E-state index contributed by atoms with van der Waals surface area (Å²) in [6.45, 7) is 2.84. The highest BCUT2D eigenvalue weighted by Crippen LogP contribution is 2.23. The van der Waals surface area contributed by atoms with E-state index in [9.17, 15) is 0 Å². The van der Waals surface area contributed by atoms with Crippen molar-refractivity contribution in [2.45, 2.75) is 19.9 Å². The highest BCUT2D eigenvalue weighted by Gasteiger charge is 2.10. The fraction of sp³-hybridized carbons (Fsp3) is 0.250. The molecule has 102 valence electrons. The standard InChI is InChI=1S/C16H18N4/c1-3-12-4-6-13(7-5-12)11-20(2)16-15(18)14(10-17)8-9-19-16/h4-9H,3,11,18H2,1-2H3. The molecular weight excluding hydrogens is 248 g/mol. The van der Waals surface area contributed by atoms with Crippen LogP contribution in [-0.4, -0.2) is 12.0 Å². The lowest BCUT2D eigenvalue weighted by Crippen LogP contribution is -2.19. The lowest BCUT2D eigenvalue weighted by molar-refractivity contribution is 0.898. The van der Waals surface area contributed by atoms with Gasteiger partial charge in [0, 0.05) is 19.8 Å². The molecule has 0 aliphatic rings. The largest absolute Gasteiger partial charge is 0.395 e. The van der Waals surface area contributed by atoms with Crippen LogP contribution in [0.2, 0.25) is 0 Å². The summed E-state index contributed by atoms with van der Waals surface area (Å²) in [5.74, 6) is 0.642. The molecule has 0 radical (unpaired) electrons. The van der Waals surface area contributed by atoms with Gasteiger partial charge in [-0.05, 0) is 23.6 Å². The molecule has 1 aromatic carbocycles. The first-order chi connectivity index (χ1) is 9.65. The van der Waals surface area contributed by atoms with E-state index in [1.807, 2.05) is 11.9 Å². The van der Waals surface area contributed by atoms with Crippen LogP contribution in [0.1, 0.15) is 23.6 Å². The number of aryl methyl sites for hydroxylation is 1. The predicted molar refractivity (Wildman–Crippen MR) is 81.3 cm³/mol. The molecule has 0 spiro atoms. The van der Waals surface area contributed by atoms with Crippen molar-refractivity contribution in [1.29, 1.82) is 5.26 Å². The summed E-state index contributed by atoms with van der Waals surface area (Å²) >= 11 is 0. The Hall–Kier alpha value is -2.54. The van der Waals surface area contributed by atoms with Crippen LogP contribution < -0.4 is 10.6 Å². The Kier molecular flexibility index (Phi) is 4.21. The maximum Gasteiger partial charge on any atom is 0.153 e. The topological polar surface area (TPSA) is 65.9 Å². The van der Waals surface area contributed by atoms with E-state index in [1.165, 1.54) is 11.1 Å². The van der Waals surface area contributed by atoms with Crippen molar-refractivity contribution in [3.8, 4) is 6.07 Å². The number of nitriles is 1. The van der Waals surface area contributed by atoms with Gasteiger partial charge >= 0.3 is 0 Å². The van der Waals surface area contributed by atoms with Gasteiger partial charge in [-0.25, -0.2) is 4.98 Å². The molecule has 2 rings (SSSR count). The third-order valence-corrected chi connectivity index (χ3v) is 3.30. The van der Waals surface area contributed by atoms with Crippen molar-refractivity contribution in [3.05, 3.63) is 53.2 Å². The molecule has 0 aliphatic heterocycles. The van der Waals surface area contributed by atoms with Crippen LogP contribution in [0.3, 0.4) is 0 Å². The smallest absolute Gasteiger partial charge is 0.153 e. The van der Waals surface area contributed by atoms with Gasteiger partial charge in [0.05, 0.1) is 11.3 Å². The number of aromatic nitrogens is 1. The summed E-state index contributed by atoms with van der Waals surface area (Å²) in [5.41, 5.74) is 9.37. The normalized spacial score (nSPS) is 10.1. The number of hydrogen-bond donors (Lipinski definition) is 1. The van der Waals surface area contributed by atoms with E-state index in [0.717, 1.165) is 6.42 Å². The number of nitrogens with two attached hydrogens (primary N) is 1. The Morgan fingerprint density at radius 2 is 1.85 bits per heavy atom. The predicted octanol–water partition coefficient (Wildman–Crippen LogP) is 2.73. The highest BCUT2D eigenvalue weighted by atomic mass is 15.2. The fourth-order valence-electron chi connectivity index (χ4n) is 2.09. The zero-order valence-electron chi connectivity index (χ0n) is 11.8. The molecule has 0 bridgehead atoms. The van der Waals surface area contributed by atoms with Gasteiger partial charge in [-0.2, -0.15) is 5.26 Å². The van der Waals surface area contributed by atoms with Crippen LogP contribution in [0.5, 0.6) is 0 Å². The molecular formula is C16H18N4. The van der Waals surface area contributed by atoms with Crippen LogP contribution in [0.15, 0.2) is 36.5 Å². The third-order valence-electron chi connectivity index (χ3n) is 3.30. The van der Waals surface area contributed by atoms with E-state index in [0.29, 0.717) is 23.6 Å². The van der Waals surface area contributed by atoms with Crippen molar-refractivity contribution in [2.75, 3.05) is 17.7 Å². The second-order valence-corrected chi connectivity index (χ2v) is 4.73. The SMILES string of the molecule is CCc1ccc(CN(C)c2nccc(C#N)c2N)cc1. The number of nitrogen functional groups attached to an aromatic ring is 1.